The van der Waals surface area contributed by atoms with E-state index in [1.165, 1.54) is 16.8 Å². The van der Waals surface area contributed by atoms with E-state index < -0.39 is 0 Å². The summed E-state index contributed by atoms with van der Waals surface area (Å²) in [6, 6.07) is 10.6. The lowest BCUT2D eigenvalue weighted by Crippen LogP contribution is -2.32. The largest absolute Gasteiger partial charge is 0.340 e. The van der Waals surface area contributed by atoms with E-state index in [0.717, 1.165) is 56.8 Å². The molecule has 2 aliphatic heterocycles. The van der Waals surface area contributed by atoms with E-state index in [4.69, 9.17) is 5.10 Å². The van der Waals surface area contributed by atoms with Crippen LogP contribution in [0.2, 0.25) is 0 Å². The highest BCUT2D eigenvalue weighted by Crippen LogP contribution is 2.32. The Bertz CT molecular complexity index is 1020. The molecule has 0 spiro atoms. The number of carbonyl (C=O) groups excluding carboxylic acids is 1. The number of carbonyl (C=O) groups is 1. The summed E-state index contributed by atoms with van der Waals surface area (Å²) in [7, 11) is 0. The van der Waals surface area contributed by atoms with Gasteiger partial charge in [0.25, 0.3) is 0 Å². The molecule has 0 aliphatic carbocycles. The van der Waals surface area contributed by atoms with E-state index in [2.05, 4.69) is 45.4 Å². The molecule has 7 heteroatoms. The summed E-state index contributed by atoms with van der Waals surface area (Å²) in [4.78, 5) is 17.2. The first-order valence-corrected chi connectivity index (χ1v) is 10.7. The average molecular weight is 405 g/mol. The number of aromatic nitrogens is 4. The summed E-state index contributed by atoms with van der Waals surface area (Å²) in [5, 5.41) is 12.2. The maximum Gasteiger partial charge on any atom is 0.244 e. The minimum absolute atomic E-state index is 0.135. The fourth-order valence-corrected chi connectivity index (χ4v) is 4.69. The van der Waals surface area contributed by atoms with Crippen LogP contribution in [0, 0.1) is 6.92 Å². The summed E-state index contributed by atoms with van der Waals surface area (Å²) in [5.41, 5.74) is 6.20. The van der Waals surface area contributed by atoms with Crippen LogP contribution in [0.4, 0.5) is 0 Å². The summed E-state index contributed by atoms with van der Waals surface area (Å²) < 4.78 is 1.73. The number of amides is 1. The van der Waals surface area contributed by atoms with Crippen molar-refractivity contribution < 1.29 is 4.79 Å². The van der Waals surface area contributed by atoms with Crippen molar-refractivity contribution in [3.05, 3.63) is 70.8 Å². The first kappa shape index (κ1) is 19.1. The molecule has 30 heavy (non-hydrogen) atoms. The van der Waals surface area contributed by atoms with Gasteiger partial charge in [-0.15, -0.1) is 0 Å². The van der Waals surface area contributed by atoms with Gasteiger partial charge in [-0.1, -0.05) is 30.3 Å². The van der Waals surface area contributed by atoms with Gasteiger partial charge >= 0.3 is 0 Å². The van der Waals surface area contributed by atoms with Crippen LogP contribution in [0.15, 0.2) is 42.7 Å². The number of likely N-dealkylation sites (tertiary alicyclic amines) is 1. The lowest BCUT2D eigenvalue weighted by Gasteiger charge is -2.27. The number of hydrogen-bond donors (Lipinski definition) is 1. The zero-order chi connectivity index (χ0) is 20.5. The van der Waals surface area contributed by atoms with Crippen molar-refractivity contribution in [3.63, 3.8) is 0 Å². The smallest absolute Gasteiger partial charge is 0.244 e. The molecule has 0 saturated carbocycles. The predicted molar refractivity (Wildman–Crippen MR) is 114 cm³/mol. The van der Waals surface area contributed by atoms with Crippen molar-refractivity contribution in [2.45, 2.75) is 45.3 Å². The van der Waals surface area contributed by atoms with Crippen LogP contribution >= 0.6 is 0 Å². The van der Waals surface area contributed by atoms with Gasteiger partial charge in [0.05, 0.1) is 11.9 Å². The minimum atomic E-state index is 0.135. The van der Waals surface area contributed by atoms with Gasteiger partial charge in [-0.3, -0.25) is 19.5 Å². The third-order valence-corrected chi connectivity index (χ3v) is 6.28. The lowest BCUT2D eigenvalue weighted by molar-refractivity contribution is -0.131. The highest BCUT2D eigenvalue weighted by Gasteiger charge is 2.33. The second kappa shape index (κ2) is 8.07. The third-order valence-electron chi connectivity index (χ3n) is 6.28. The number of nitrogens with one attached hydrogen (secondary N) is 1. The third kappa shape index (κ3) is 3.89. The van der Waals surface area contributed by atoms with Crippen LogP contribution in [0.1, 0.15) is 40.4 Å². The Morgan fingerprint density at radius 1 is 1.23 bits per heavy atom. The maximum absolute atomic E-state index is 12.7. The molecule has 2 aliphatic rings. The molecular weight excluding hydrogens is 376 g/mol. The van der Waals surface area contributed by atoms with E-state index in [9.17, 15) is 4.79 Å². The Hall–Kier alpha value is -2.93. The monoisotopic (exact) mass is 404 g/mol. The predicted octanol–water partition coefficient (Wildman–Crippen LogP) is 2.49. The Balaban J connectivity index is 1.24. The van der Waals surface area contributed by atoms with Gasteiger partial charge in [0, 0.05) is 62.5 Å². The van der Waals surface area contributed by atoms with E-state index in [0.29, 0.717) is 12.5 Å². The van der Waals surface area contributed by atoms with E-state index in [-0.39, 0.29) is 5.91 Å². The van der Waals surface area contributed by atoms with Gasteiger partial charge < -0.3 is 4.90 Å². The lowest BCUT2D eigenvalue weighted by atomic mass is 9.96. The Morgan fingerprint density at radius 3 is 2.90 bits per heavy atom. The molecule has 3 aromatic rings. The molecule has 1 saturated heterocycles. The second-order valence-electron chi connectivity index (χ2n) is 8.55. The van der Waals surface area contributed by atoms with Gasteiger partial charge in [0.15, 0.2) is 0 Å². The number of H-pyrrole nitrogens is 1. The van der Waals surface area contributed by atoms with Crippen molar-refractivity contribution in [2.24, 2.45) is 0 Å². The Kier molecular flexibility index (Phi) is 5.12. The SMILES string of the molecule is Cc1cnn(CC(=O)N2CCC(c3n[nH]c4c3CN(Cc3ccccc3)CC4)C2)c1. The summed E-state index contributed by atoms with van der Waals surface area (Å²) in [5.74, 6) is 0.445. The fourth-order valence-electron chi connectivity index (χ4n) is 4.69. The van der Waals surface area contributed by atoms with Crippen molar-refractivity contribution in [1.29, 1.82) is 0 Å². The molecule has 1 fully saturated rings. The normalized spacial score (nSPS) is 19.2. The van der Waals surface area contributed by atoms with Gasteiger partial charge in [0.1, 0.15) is 6.54 Å². The molecule has 4 heterocycles. The van der Waals surface area contributed by atoms with Crippen LogP contribution in [-0.2, 0) is 30.8 Å². The van der Waals surface area contributed by atoms with Crippen LogP contribution < -0.4 is 0 Å². The zero-order valence-electron chi connectivity index (χ0n) is 17.4. The van der Waals surface area contributed by atoms with Gasteiger partial charge in [-0.05, 0) is 24.5 Å². The van der Waals surface area contributed by atoms with Gasteiger partial charge in [0.2, 0.25) is 5.91 Å². The molecule has 1 atom stereocenters. The van der Waals surface area contributed by atoms with Crippen LogP contribution in [0.5, 0.6) is 0 Å². The number of rotatable bonds is 5. The molecule has 0 bridgehead atoms. The molecule has 5 rings (SSSR count). The molecule has 156 valence electrons. The van der Waals surface area contributed by atoms with Crippen molar-refractivity contribution in [1.82, 2.24) is 29.8 Å². The number of aryl methyl sites for hydroxylation is 1. The fraction of sp³-hybridized carbons (Fsp3) is 0.435. The standard InChI is InChI=1S/C23H28N6O/c1-17-11-24-29(12-17)16-22(30)28-10-7-19(14-28)23-20-15-27(9-8-21(20)25-26-23)13-18-5-3-2-4-6-18/h2-6,11-12,19H,7-10,13-16H2,1H3,(H,25,26). The molecule has 1 aromatic carbocycles. The summed E-state index contributed by atoms with van der Waals surface area (Å²) in [6.07, 6.45) is 5.68. The summed E-state index contributed by atoms with van der Waals surface area (Å²) in [6.45, 7) is 6.76. The molecule has 0 radical (unpaired) electrons. The highest BCUT2D eigenvalue weighted by molar-refractivity contribution is 5.76. The van der Waals surface area contributed by atoms with Gasteiger partial charge in [-0.2, -0.15) is 10.2 Å². The first-order chi connectivity index (χ1) is 14.7. The van der Waals surface area contributed by atoms with E-state index in [1.807, 2.05) is 18.0 Å². The van der Waals surface area contributed by atoms with Crippen LogP contribution in [0.3, 0.4) is 0 Å². The van der Waals surface area contributed by atoms with E-state index in [1.54, 1.807) is 10.9 Å². The number of aromatic amines is 1. The van der Waals surface area contributed by atoms with Crippen molar-refractivity contribution in [3.8, 4) is 0 Å². The van der Waals surface area contributed by atoms with E-state index >= 15 is 0 Å². The summed E-state index contributed by atoms with van der Waals surface area (Å²) >= 11 is 0. The van der Waals surface area contributed by atoms with Crippen molar-refractivity contribution in [2.75, 3.05) is 19.6 Å². The number of benzene rings is 1. The van der Waals surface area contributed by atoms with Gasteiger partial charge in [-0.25, -0.2) is 0 Å². The minimum Gasteiger partial charge on any atom is -0.340 e. The average Bonchev–Trinajstić information content (AvgIpc) is 3.48. The molecule has 1 unspecified atom stereocenters. The Labute approximate surface area is 176 Å². The zero-order valence-corrected chi connectivity index (χ0v) is 17.4. The first-order valence-electron chi connectivity index (χ1n) is 10.7. The molecule has 1 N–H and O–H groups in total. The second-order valence-corrected chi connectivity index (χ2v) is 8.55. The number of hydrogen-bond acceptors (Lipinski definition) is 4. The Morgan fingerprint density at radius 2 is 2.10 bits per heavy atom. The van der Waals surface area contributed by atoms with Crippen molar-refractivity contribution >= 4 is 5.91 Å². The molecule has 2 aromatic heterocycles. The highest BCUT2D eigenvalue weighted by atomic mass is 16.2. The number of fused-ring (bicyclic) bond motifs is 1. The maximum atomic E-state index is 12.7. The topological polar surface area (TPSA) is 70.0 Å². The van der Waals surface area contributed by atoms with Crippen LogP contribution in [0.25, 0.3) is 0 Å². The van der Waals surface area contributed by atoms with Crippen LogP contribution in [-0.4, -0.2) is 55.3 Å². The molecule has 7 nitrogen and oxygen atoms in total. The number of nitrogens with zero attached hydrogens (tertiary/aromatic N) is 5. The molecular formula is C23H28N6O. The quantitative estimate of drug-likeness (QED) is 0.709. The molecule has 1 amide bonds.